The number of pyridine rings is 1. The quantitative estimate of drug-likeness (QED) is 0.501. The number of para-hydroxylation sites is 1. The topological polar surface area (TPSA) is 109 Å². The number of hydrogen-bond acceptors (Lipinski definition) is 4. The molecule has 2 amide bonds. The predicted octanol–water partition coefficient (Wildman–Crippen LogP) is 3.40. The molecule has 2 aliphatic carbocycles. The number of aromatic nitrogens is 3. The normalized spacial score (nSPS) is 16.5. The smallest absolute Gasteiger partial charge is 0.256 e. The van der Waals surface area contributed by atoms with E-state index in [4.69, 9.17) is 0 Å². The van der Waals surface area contributed by atoms with Crippen LogP contribution in [0.3, 0.4) is 0 Å². The summed E-state index contributed by atoms with van der Waals surface area (Å²) >= 11 is 0. The number of aromatic amines is 1. The summed E-state index contributed by atoms with van der Waals surface area (Å²) in [5, 5.41) is 5.75. The molecular weight excluding hydrogens is 430 g/mol. The fourth-order valence-electron chi connectivity index (χ4n) is 4.74. The van der Waals surface area contributed by atoms with E-state index in [2.05, 4.69) is 20.6 Å². The van der Waals surface area contributed by atoms with Gasteiger partial charge in [0.05, 0.1) is 11.0 Å². The van der Waals surface area contributed by atoms with E-state index >= 15 is 0 Å². The highest BCUT2D eigenvalue weighted by atomic mass is 16.2. The van der Waals surface area contributed by atoms with Gasteiger partial charge in [-0.05, 0) is 44.2 Å². The third kappa shape index (κ3) is 4.76. The van der Waals surface area contributed by atoms with Gasteiger partial charge in [0.1, 0.15) is 17.0 Å². The molecule has 2 aliphatic rings. The summed E-state index contributed by atoms with van der Waals surface area (Å²) in [4.78, 5) is 46.8. The standard InChI is InChI=1S/C26H31N5O3/c1-16-6-5-9-21-23(16)30-22(29-21)12-13-27-25(33)19-14-31(18-7-3-2-4-8-18)15-20(24(19)32)26(34)28-17-10-11-17/h5-6,9,14-15,17-18H,2-4,7-8,10-13H2,1H3,(H,27,33)(H,28,34)(H,29,30). The Morgan fingerprint density at radius 1 is 1.06 bits per heavy atom. The number of nitrogens with one attached hydrogen (secondary N) is 3. The number of H-pyrrole nitrogens is 1. The molecule has 3 N–H and O–H groups in total. The number of carbonyl (C=O) groups is 2. The number of imidazole rings is 1. The van der Waals surface area contributed by atoms with E-state index < -0.39 is 11.3 Å². The average molecular weight is 462 g/mol. The third-order valence-electron chi connectivity index (χ3n) is 6.85. The van der Waals surface area contributed by atoms with Crippen molar-refractivity contribution in [1.29, 1.82) is 0 Å². The van der Waals surface area contributed by atoms with E-state index in [1.54, 1.807) is 12.4 Å². The Hall–Kier alpha value is -3.42. The Labute approximate surface area is 198 Å². The lowest BCUT2D eigenvalue weighted by Gasteiger charge is -2.25. The maximum atomic E-state index is 13.1. The number of benzene rings is 1. The number of carbonyl (C=O) groups excluding carboxylic acids is 2. The maximum absolute atomic E-state index is 13.1. The maximum Gasteiger partial charge on any atom is 0.256 e. The molecule has 0 atom stereocenters. The van der Waals surface area contributed by atoms with E-state index in [0.717, 1.165) is 60.9 Å². The minimum atomic E-state index is -0.512. The van der Waals surface area contributed by atoms with Gasteiger partial charge in [-0.15, -0.1) is 0 Å². The van der Waals surface area contributed by atoms with Gasteiger partial charge in [-0.2, -0.15) is 0 Å². The minimum absolute atomic E-state index is 0.0227. The van der Waals surface area contributed by atoms with Gasteiger partial charge in [-0.1, -0.05) is 31.4 Å². The Kier molecular flexibility index (Phi) is 6.22. The monoisotopic (exact) mass is 461 g/mol. The summed E-state index contributed by atoms with van der Waals surface area (Å²) in [6, 6.07) is 6.31. The predicted molar refractivity (Wildman–Crippen MR) is 130 cm³/mol. The van der Waals surface area contributed by atoms with Gasteiger partial charge in [0.2, 0.25) is 5.43 Å². The van der Waals surface area contributed by atoms with Gasteiger partial charge in [0, 0.05) is 37.4 Å². The molecule has 2 fully saturated rings. The first-order chi connectivity index (χ1) is 16.5. The second-order valence-corrected chi connectivity index (χ2v) is 9.56. The average Bonchev–Trinajstić information content (AvgIpc) is 3.55. The molecule has 0 saturated heterocycles. The zero-order valence-electron chi connectivity index (χ0n) is 19.5. The van der Waals surface area contributed by atoms with Crippen LogP contribution >= 0.6 is 0 Å². The highest BCUT2D eigenvalue weighted by molar-refractivity contribution is 5.99. The van der Waals surface area contributed by atoms with Crippen LogP contribution in [0.4, 0.5) is 0 Å². The number of aryl methyl sites for hydroxylation is 1. The van der Waals surface area contributed by atoms with Crippen LogP contribution in [-0.4, -0.2) is 38.9 Å². The van der Waals surface area contributed by atoms with Crippen molar-refractivity contribution in [2.24, 2.45) is 0 Å². The largest absolute Gasteiger partial charge is 0.351 e. The zero-order valence-corrected chi connectivity index (χ0v) is 19.5. The first-order valence-corrected chi connectivity index (χ1v) is 12.3. The molecule has 178 valence electrons. The van der Waals surface area contributed by atoms with Crippen LogP contribution in [0.5, 0.6) is 0 Å². The SMILES string of the molecule is Cc1cccc2[nH]c(CCNC(=O)c3cn(C4CCCCC4)cc(C(=O)NC4CC4)c3=O)nc12. The lowest BCUT2D eigenvalue weighted by molar-refractivity contribution is 0.0948. The highest BCUT2D eigenvalue weighted by Gasteiger charge is 2.27. The van der Waals surface area contributed by atoms with Gasteiger partial charge in [0.25, 0.3) is 11.8 Å². The van der Waals surface area contributed by atoms with Gasteiger partial charge in [-0.25, -0.2) is 4.98 Å². The molecule has 0 bridgehead atoms. The van der Waals surface area contributed by atoms with Crippen LogP contribution in [0.1, 0.15) is 83.1 Å². The van der Waals surface area contributed by atoms with Crippen molar-refractivity contribution in [3.63, 3.8) is 0 Å². The van der Waals surface area contributed by atoms with E-state index in [0.29, 0.717) is 13.0 Å². The van der Waals surface area contributed by atoms with Crippen LogP contribution in [0.2, 0.25) is 0 Å². The molecule has 0 aliphatic heterocycles. The van der Waals surface area contributed by atoms with Crippen molar-refractivity contribution >= 4 is 22.8 Å². The third-order valence-corrected chi connectivity index (χ3v) is 6.85. The van der Waals surface area contributed by atoms with Gasteiger partial charge < -0.3 is 20.2 Å². The molecule has 0 radical (unpaired) electrons. The Morgan fingerprint density at radius 3 is 2.50 bits per heavy atom. The summed E-state index contributed by atoms with van der Waals surface area (Å²) in [6.07, 6.45) is 11.0. The van der Waals surface area contributed by atoms with E-state index in [9.17, 15) is 14.4 Å². The minimum Gasteiger partial charge on any atom is -0.351 e. The lowest BCUT2D eigenvalue weighted by Crippen LogP contribution is -2.37. The zero-order chi connectivity index (χ0) is 23.7. The van der Waals surface area contributed by atoms with Crippen molar-refractivity contribution < 1.29 is 9.59 Å². The second-order valence-electron chi connectivity index (χ2n) is 9.56. The molecule has 2 saturated carbocycles. The first-order valence-electron chi connectivity index (χ1n) is 12.3. The number of hydrogen-bond donors (Lipinski definition) is 3. The molecule has 2 heterocycles. The van der Waals surface area contributed by atoms with Gasteiger partial charge in [-0.3, -0.25) is 14.4 Å². The van der Waals surface area contributed by atoms with Gasteiger partial charge >= 0.3 is 0 Å². The molecule has 3 aromatic rings. The molecule has 34 heavy (non-hydrogen) atoms. The first kappa shape index (κ1) is 22.4. The van der Waals surface area contributed by atoms with E-state index in [1.165, 1.54) is 6.42 Å². The summed E-state index contributed by atoms with van der Waals surface area (Å²) in [5.41, 5.74) is 2.54. The number of nitrogens with zero attached hydrogens (tertiary/aromatic N) is 2. The summed E-state index contributed by atoms with van der Waals surface area (Å²) < 4.78 is 1.92. The fourth-order valence-corrected chi connectivity index (χ4v) is 4.74. The number of rotatable bonds is 7. The van der Waals surface area contributed by atoms with Crippen molar-refractivity contribution in [2.45, 2.75) is 70.4 Å². The molecule has 5 rings (SSSR count). The molecule has 2 aromatic heterocycles. The molecule has 1 aromatic carbocycles. The van der Waals surface area contributed by atoms with Gasteiger partial charge in [0.15, 0.2) is 0 Å². The van der Waals surface area contributed by atoms with Crippen LogP contribution in [-0.2, 0) is 6.42 Å². The molecular formula is C26H31N5O3. The van der Waals surface area contributed by atoms with Crippen LogP contribution < -0.4 is 16.1 Å². The van der Waals surface area contributed by atoms with Crippen LogP contribution in [0, 0.1) is 6.92 Å². The molecule has 0 unspecified atom stereocenters. The Bertz CT molecular complexity index is 1280. The Morgan fingerprint density at radius 2 is 1.79 bits per heavy atom. The lowest BCUT2D eigenvalue weighted by atomic mass is 9.95. The van der Waals surface area contributed by atoms with E-state index in [1.807, 2.05) is 29.7 Å². The van der Waals surface area contributed by atoms with Crippen molar-refractivity contribution in [1.82, 2.24) is 25.2 Å². The number of amides is 2. The number of fused-ring (bicyclic) bond motifs is 1. The summed E-state index contributed by atoms with van der Waals surface area (Å²) in [7, 11) is 0. The van der Waals surface area contributed by atoms with Crippen LogP contribution in [0.25, 0.3) is 11.0 Å². The Balaban J connectivity index is 1.34. The van der Waals surface area contributed by atoms with Crippen molar-refractivity contribution in [3.05, 3.63) is 63.3 Å². The second kappa shape index (κ2) is 9.44. The summed E-state index contributed by atoms with van der Waals surface area (Å²) in [5.74, 6) is -0.0611. The summed E-state index contributed by atoms with van der Waals surface area (Å²) in [6.45, 7) is 2.34. The van der Waals surface area contributed by atoms with Crippen molar-refractivity contribution in [3.8, 4) is 0 Å². The molecule has 0 spiro atoms. The fraction of sp³-hybridized carbons (Fsp3) is 0.462. The van der Waals surface area contributed by atoms with E-state index in [-0.39, 0.29) is 29.1 Å². The molecule has 8 heteroatoms. The van der Waals surface area contributed by atoms with Crippen molar-refractivity contribution in [2.75, 3.05) is 6.54 Å². The van der Waals surface area contributed by atoms with Crippen LogP contribution in [0.15, 0.2) is 35.4 Å². The highest BCUT2D eigenvalue weighted by Crippen LogP contribution is 2.28. The molecule has 8 nitrogen and oxygen atoms in total.